The average Bonchev–Trinajstić information content (AvgIpc) is 2.82. The molecule has 0 amide bonds. The van der Waals surface area contributed by atoms with Gasteiger partial charge in [-0.25, -0.2) is 14.7 Å². The van der Waals surface area contributed by atoms with E-state index in [1.807, 2.05) is 37.3 Å². The number of rotatable bonds is 2. The van der Waals surface area contributed by atoms with Crippen molar-refractivity contribution in [2.24, 2.45) is 10.7 Å². The molecular weight excluding hydrogens is 276 g/mol. The van der Waals surface area contributed by atoms with Crippen LogP contribution in [0.15, 0.2) is 35.3 Å². The molecule has 1 aliphatic rings. The Kier molecular flexibility index (Phi) is 3.33. The van der Waals surface area contributed by atoms with E-state index in [-0.39, 0.29) is 6.17 Å². The maximum atomic E-state index is 5.98. The summed E-state index contributed by atoms with van der Waals surface area (Å²) >= 11 is 5.98. The number of fused-ring (bicyclic) bond motifs is 1. The lowest BCUT2D eigenvalue weighted by Crippen LogP contribution is -2.36. The largest absolute Gasteiger partial charge is 0.332 e. The Morgan fingerprint density at radius 3 is 3.05 bits per heavy atom. The quantitative estimate of drug-likeness (QED) is 0.779. The zero-order valence-electron chi connectivity index (χ0n) is 11.0. The van der Waals surface area contributed by atoms with E-state index in [0.717, 1.165) is 16.9 Å². The zero-order chi connectivity index (χ0) is 14.1. The molecule has 0 fully saturated rings. The van der Waals surface area contributed by atoms with Crippen molar-refractivity contribution >= 4 is 23.2 Å². The second-order valence-corrected chi connectivity index (χ2v) is 5.00. The fourth-order valence-electron chi connectivity index (χ4n) is 2.05. The van der Waals surface area contributed by atoms with Gasteiger partial charge in [0.15, 0.2) is 5.49 Å². The van der Waals surface area contributed by atoms with Crippen LogP contribution >= 0.6 is 11.6 Å². The summed E-state index contributed by atoms with van der Waals surface area (Å²) in [5, 5.41) is 3.85. The predicted molar refractivity (Wildman–Crippen MR) is 79.5 cm³/mol. The Labute approximate surface area is 121 Å². The summed E-state index contributed by atoms with van der Waals surface area (Å²) in [6.07, 6.45) is -0.0439. The fraction of sp³-hybridized carbons (Fsp3) is 0.231. The summed E-state index contributed by atoms with van der Waals surface area (Å²) < 4.78 is 1.80. The van der Waals surface area contributed by atoms with Crippen molar-refractivity contribution in [1.82, 2.24) is 9.66 Å². The first kappa shape index (κ1) is 13.0. The fourth-order valence-corrected chi connectivity index (χ4v) is 2.23. The number of hydrogen-bond acceptors (Lipinski definition) is 5. The van der Waals surface area contributed by atoms with Crippen molar-refractivity contribution in [3.8, 4) is 0 Å². The van der Waals surface area contributed by atoms with Crippen molar-refractivity contribution in [3.63, 3.8) is 0 Å². The molecule has 1 atom stereocenters. The normalized spacial score (nSPS) is 17.6. The first-order valence-electron chi connectivity index (χ1n) is 6.30. The molecular formula is C13H15ClN6. The standard InChI is InChI=1S/C13H15ClN6/c1-8-5-12(17-10-4-2-3-9(14)6-10)20-13(16-8)18-11(7-15)19-20/h2-6,11,19H,7,15H2,1H3,(H,16,18). The molecule has 2 heterocycles. The predicted octanol–water partition coefficient (Wildman–Crippen LogP) is 1.33. The van der Waals surface area contributed by atoms with Crippen LogP contribution in [0.4, 0.5) is 11.6 Å². The van der Waals surface area contributed by atoms with Gasteiger partial charge in [0, 0.05) is 23.3 Å². The van der Waals surface area contributed by atoms with Crippen LogP contribution in [0.1, 0.15) is 5.69 Å². The van der Waals surface area contributed by atoms with Gasteiger partial charge in [-0.05, 0) is 25.1 Å². The molecule has 20 heavy (non-hydrogen) atoms. The molecule has 4 N–H and O–H groups in total. The minimum Gasteiger partial charge on any atom is -0.332 e. The first-order chi connectivity index (χ1) is 9.65. The third-order valence-electron chi connectivity index (χ3n) is 2.94. The molecule has 104 valence electrons. The van der Waals surface area contributed by atoms with Crippen molar-refractivity contribution in [1.29, 1.82) is 0 Å². The van der Waals surface area contributed by atoms with Crippen LogP contribution in [0.25, 0.3) is 0 Å². The van der Waals surface area contributed by atoms with E-state index in [0.29, 0.717) is 17.5 Å². The Morgan fingerprint density at radius 2 is 2.30 bits per heavy atom. The van der Waals surface area contributed by atoms with Crippen LogP contribution in [0.5, 0.6) is 0 Å². The second-order valence-electron chi connectivity index (χ2n) is 4.57. The van der Waals surface area contributed by atoms with Crippen LogP contribution in [-0.2, 0) is 0 Å². The van der Waals surface area contributed by atoms with Gasteiger partial charge in [-0.1, -0.05) is 17.7 Å². The van der Waals surface area contributed by atoms with Crippen LogP contribution in [0.2, 0.25) is 5.02 Å². The van der Waals surface area contributed by atoms with Crippen molar-refractivity contribution in [3.05, 3.63) is 46.5 Å². The molecule has 6 nitrogen and oxygen atoms in total. The lowest BCUT2D eigenvalue weighted by Gasteiger charge is -2.07. The van der Waals surface area contributed by atoms with E-state index in [1.54, 1.807) is 4.68 Å². The highest BCUT2D eigenvalue weighted by Gasteiger charge is 2.19. The van der Waals surface area contributed by atoms with Gasteiger partial charge in [0.2, 0.25) is 5.95 Å². The van der Waals surface area contributed by atoms with Crippen molar-refractivity contribution in [2.75, 3.05) is 17.3 Å². The molecule has 0 aliphatic carbocycles. The van der Waals surface area contributed by atoms with Crippen LogP contribution in [0, 0.1) is 6.92 Å². The van der Waals surface area contributed by atoms with Crippen LogP contribution < -0.4 is 22.0 Å². The second kappa shape index (κ2) is 5.15. The molecule has 2 aromatic rings. The number of benzene rings is 1. The van der Waals surface area contributed by atoms with Gasteiger partial charge in [-0.15, -0.1) is 0 Å². The number of nitrogens with two attached hydrogens (primary N) is 1. The Bertz CT molecular complexity index is 708. The van der Waals surface area contributed by atoms with Gasteiger partial charge in [-0.2, -0.15) is 0 Å². The number of hydrogen-bond donors (Lipinski definition) is 3. The molecule has 0 saturated carbocycles. The first-order valence-corrected chi connectivity index (χ1v) is 6.67. The number of nitrogens with one attached hydrogen (secondary N) is 2. The molecule has 0 spiro atoms. The van der Waals surface area contributed by atoms with E-state index in [4.69, 9.17) is 17.3 Å². The Balaban J connectivity index is 2.11. The molecule has 1 aromatic carbocycles. The van der Waals surface area contributed by atoms with Crippen molar-refractivity contribution in [2.45, 2.75) is 13.1 Å². The van der Waals surface area contributed by atoms with Crippen LogP contribution in [0.3, 0.4) is 0 Å². The van der Waals surface area contributed by atoms with Gasteiger partial charge in [-0.3, -0.25) is 5.43 Å². The molecule has 0 saturated heterocycles. The van der Waals surface area contributed by atoms with E-state index in [9.17, 15) is 0 Å². The third kappa shape index (κ3) is 2.48. The van der Waals surface area contributed by atoms with Gasteiger partial charge in [0.25, 0.3) is 0 Å². The van der Waals surface area contributed by atoms with Crippen molar-refractivity contribution < 1.29 is 0 Å². The lowest BCUT2D eigenvalue weighted by atomic mass is 10.3. The molecule has 1 aromatic heterocycles. The summed E-state index contributed by atoms with van der Waals surface area (Å²) in [5.41, 5.74) is 11.3. The van der Waals surface area contributed by atoms with E-state index in [2.05, 4.69) is 20.7 Å². The molecule has 7 heteroatoms. The number of halogens is 1. The molecule has 3 rings (SSSR count). The maximum absolute atomic E-state index is 5.98. The monoisotopic (exact) mass is 290 g/mol. The van der Waals surface area contributed by atoms with Gasteiger partial charge < -0.3 is 11.1 Å². The molecule has 1 aliphatic heterocycles. The highest BCUT2D eigenvalue weighted by Crippen LogP contribution is 2.17. The number of anilines is 1. The van der Waals surface area contributed by atoms with Gasteiger partial charge in [0.1, 0.15) is 6.17 Å². The van der Waals surface area contributed by atoms with E-state index >= 15 is 0 Å². The van der Waals surface area contributed by atoms with Gasteiger partial charge >= 0.3 is 0 Å². The maximum Gasteiger partial charge on any atom is 0.225 e. The number of nitrogens with zero attached hydrogens (tertiary/aromatic N) is 3. The minimum atomic E-state index is -0.0439. The highest BCUT2D eigenvalue weighted by molar-refractivity contribution is 6.30. The van der Waals surface area contributed by atoms with E-state index < -0.39 is 0 Å². The summed E-state index contributed by atoms with van der Waals surface area (Å²) in [6, 6.07) is 9.30. The summed E-state index contributed by atoms with van der Waals surface area (Å²) in [6.45, 7) is 2.38. The SMILES string of the molecule is Cc1cc(=Nc2cccc(Cl)c2)n2c(n1)NC(CN)N2. The number of aromatic nitrogens is 2. The Hall–Kier alpha value is -2.05. The summed E-state index contributed by atoms with van der Waals surface area (Å²) in [4.78, 5) is 9.02. The molecule has 0 radical (unpaired) electrons. The summed E-state index contributed by atoms with van der Waals surface area (Å²) in [5.74, 6) is 0.709. The summed E-state index contributed by atoms with van der Waals surface area (Å²) in [7, 11) is 0. The van der Waals surface area contributed by atoms with Crippen LogP contribution in [-0.4, -0.2) is 22.4 Å². The molecule has 1 unspecified atom stereocenters. The highest BCUT2D eigenvalue weighted by atomic mass is 35.5. The minimum absolute atomic E-state index is 0.0439. The zero-order valence-corrected chi connectivity index (χ0v) is 11.7. The third-order valence-corrected chi connectivity index (χ3v) is 3.17. The lowest BCUT2D eigenvalue weighted by molar-refractivity contribution is 0.751. The van der Waals surface area contributed by atoms with Gasteiger partial charge in [0.05, 0.1) is 5.69 Å². The smallest absolute Gasteiger partial charge is 0.225 e. The topological polar surface area (TPSA) is 80.3 Å². The molecule has 0 bridgehead atoms. The average molecular weight is 291 g/mol. The number of aryl methyl sites for hydroxylation is 1. The Morgan fingerprint density at radius 1 is 1.45 bits per heavy atom. The van der Waals surface area contributed by atoms with E-state index in [1.165, 1.54) is 0 Å².